The summed E-state index contributed by atoms with van der Waals surface area (Å²) in [5.41, 5.74) is 0. The highest BCUT2D eigenvalue weighted by atomic mass is 35.5. The number of nitrogens with one attached hydrogen (secondary N) is 2. The van der Waals surface area contributed by atoms with Gasteiger partial charge in [0.15, 0.2) is 6.61 Å². The molecule has 1 rings (SSSR count). The number of sulfonamides is 1. The lowest BCUT2D eigenvalue weighted by Gasteiger charge is -2.13. The third-order valence-electron chi connectivity index (χ3n) is 3.27. The molecule has 24 heavy (non-hydrogen) atoms. The molecule has 0 bridgehead atoms. The summed E-state index contributed by atoms with van der Waals surface area (Å²) in [6.07, 6.45) is 0.822. The number of benzene rings is 1. The zero-order valence-electron chi connectivity index (χ0n) is 14.4. The second kappa shape index (κ2) is 9.25. The number of amides is 1. The van der Waals surface area contributed by atoms with Gasteiger partial charge in [-0.25, -0.2) is 13.1 Å². The van der Waals surface area contributed by atoms with Crippen LogP contribution in [0.15, 0.2) is 23.1 Å². The lowest BCUT2D eigenvalue weighted by molar-refractivity contribution is -0.123. The molecule has 2 N–H and O–H groups in total. The lowest BCUT2D eigenvalue weighted by Crippen LogP contribution is -2.35. The van der Waals surface area contributed by atoms with Crippen LogP contribution in [-0.2, 0) is 14.8 Å². The van der Waals surface area contributed by atoms with Crippen LogP contribution in [0.25, 0.3) is 0 Å². The topological polar surface area (TPSA) is 84.5 Å². The van der Waals surface area contributed by atoms with Gasteiger partial charge in [0.1, 0.15) is 5.75 Å². The van der Waals surface area contributed by atoms with Gasteiger partial charge in [-0.3, -0.25) is 4.79 Å². The van der Waals surface area contributed by atoms with Gasteiger partial charge >= 0.3 is 0 Å². The summed E-state index contributed by atoms with van der Waals surface area (Å²) in [7, 11) is -3.61. The predicted molar refractivity (Wildman–Crippen MR) is 94.9 cm³/mol. The second-order valence-corrected chi connectivity index (χ2v) is 8.18. The molecule has 0 saturated carbocycles. The molecule has 0 radical (unpaired) electrons. The predicted octanol–water partition coefficient (Wildman–Crippen LogP) is 2.57. The number of hydrogen-bond donors (Lipinski definition) is 2. The molecule has 0 spiro atoms. The number of carbonyl (C=O) groups is 1. The van der Waals surface area contributed by atoms with E-state index in [0.29, 0.717) is 6.54 Å². The quantitative estimate of drug-likeness (QED) is 0.693. The Kier molecular flexibility index (Phi) is 7.99. The summed E-state index contributed by atoms with van der Waals surface area (Å²) in [5, 5.41) is 2.91. The van der Waals surface area contributed by atoms with E-state index in [2.05, 4.69) is 10.0 Å². The molecule has 0 aromatic heterocycles. The standard InChI is InChI=1S/C16H25ClN2O4S/c1-5-12(4)19-16(20)10-23-15-7-6-13(8-14(15)17)24(21,22)18-9-11(2)3/h6-8,11-12,18H,5,9-10H2,1-4H3,(H,19,20)/t12-/m0/s1. The molecule has 0 saturated heterocycles. The molecule has 0 unspecified atom stereocenters. The lowest BCUT2D eigenvalue weighted by atomic mass is 10.2. The molecule has 8 heteroatoms. The van der Waals surface area contributed by atoms with Crippen molar-refractivity contribution < 1.29 is 17.9 Å². The highest BCUT2D eigenvalue weighted by molar-refractivity contribution is 7.89. The number of hydrogen-bond acceptors (Lipinski definition) is 4. The van der Waals surface area contributed by atoms with Crippen LogP contribution in [0, 0.1) is 5.92 Å². The molecular formula is C16H25ClN2O4S. The summed E-state index contributed by atoms with van der Waals surface area (Å²) in [4.78, 5) is 11.7. The van der Waals surface area contributed by atoms with Crippen molar-refractivity contribution in [3.63, 3.8) is 0 Å². The highest BCUT2D eigenvalue weighted by Gasteiger charge is 2.17. The Balaban J connectivity index is 2.73. The summed E-state index contributed by atoms with van der Waals surface area (Å²) in [6, 6.07) is 4.22. The van der Waals surface area contributed by atoms with E-state index in [0.717, 1.165) is 6.42 Å². The molecular weight excluding hydrogens is 352 g/mol. The first-order valence-corrected chi connectivity index (χ1v) is 9.73. The van der Waals surface area contributed by atoms with Crippen LogP contribution in [0.3, 0.4) is 0 Å². The van der Waals surface area contributed by atoms with Crippen molar-refractivity contribution in [2.24, 2.45) is 5.92 Å². The van der Waals surface area contributed by atoms with Gasteiger partial charge in [0, 0.05) is 12.6 Å². The Morgan fingerprint density at radius 3 is 2.50 bits per heavy atom. The fraction of sp³-hybridized carbons (Fsp3) is 0.562. The van der Waals surface area contributed by atoms with Crippen molar-refractivity contribution in [1.29, 1.82) is 0 Å². The van der Waals surface area contributed by atoms with Gasteiger partial charge in [0.2, 0.25) is 10.0 Å². The van der Waals surface area contributed by atoms with E-state index in [9.17, 15) is 13.2 Å². The maximum Gasteiger partial charge on any atom is 0.258 e. The van der Waals surface area contributed by atoms with Crippen LogP contribution in [0.1, 0.15) is 34.1 Å². The van der Waals surface area contributed by atoms with Crippen molar-refractivity contribution in [3.05, 3.63) is 23.2 Å². The Morgan fingerprint density at radius 1 is 1.29 bits per heavy atom. The zero-order chi connectivity index (χ0) is 18.3. The maximum absolute atomic E-state index is 12.1. The third-order valence-corrected chi connectivity index (χ3v) is 4.99. The van der Waals surface area contributed by atoms with Gasteiger partial charge in [-0.1, -0.05) is 32.4 Å². The average molecular weight is 377 g/mol. The minimum Gasteiger partial charge on any atom is -0.482 e. The van der Waals surface area contributed by atoms with E-state index in [1.807, 2.05) is 27.7 Å². The van der Waals surface area contributed by atoms with E-state index in [4.69, 9.17) is 16.3 Å². The molecule has 1 aromatic rings. The smallest absolute Gasteiger partial charge is 0.258 e. The van der Waals surface area contributed by atoms with Crippen molar-refractivity contribution >= 4 is 27.5 Å². The van der Waals surface area contributed by atoms with Crippen molar-refractivity contribution in [2.75, 3.05) is 13.2 Å². The fourth-order valence-corrected chi connectivity index (χ4v) is 3.23. The van der Waals surface area contributed by atoms with Crippen molar-refractivity contribution in [2.45, 2.75) is 45.1 Å². The van der Waals surface area contributed by atoms with Crippen LogP contribution >= 0.6 is 11.6 Å². The van der Waals surface area contributed by atoms with Crippen LogP contribution in [0.4, 0.5) is 0 Å². The van der Waals surface area contributed by atoms with E-state index in [-0.39, 0.29) is 40.1 Å². The van der Waals surface area contributed by atoms with Gasteiger partial charge in [-0.2, -0.15) is 0 Å². The van der Waals surface area contributed by atoms with Gasteiger partial charge in [0.25, 0.3) is 5.91 Å². The Bertz CT molecular complexity index is 662. The van der Waals surface area contributed by atoms with Crippen LogP contribution in [0.2, 0.25) is 5.02 Å². The van der Waals surface area contributed by atoms with E-state index in [1.165, 1.54) is 18.2 Å². The van der Waals surface area contributed by atoms with E-state index in [1.54, 1.807) is 0 Å². The average Bonchev–Trinajstić information content (AvgIpc) is 2.51. The zero-order valence-corrected chi connectivity index (χ0v) is 16.0. The normalized spacial score (nSPS) is 12.9. The summed E-state index contributed by atoms with van der Waals surface area (Å²) < 4.78 is 32.2. The third kappa shape index (κ3) is 6.67. The van der Waals surface area contributed by atoms with Crippen molar-refractivity contribution in [3.8, 4) is 5.75 Å². The summed E-state index contributed by atoms with van der Waals surface area (Å²) >= 11 is 6.07. The Hall–Kier alpha value is -1.31. The summed E-state index contributed by atoms with van der Waals surface area (Å²) in [5.74, 6) is 0.205. The molecule has 6 nitrogen and oxygen atoms in total. The second-order valence-electron chi connectivity index (χ2n) is 6.00. The fourth-order valence-electron chi connectivity index (χ4n) is 1.69. The minimum atomic E-state index is -3.61. The first-order valence-electron chi connectivity index (χ1n) is 7.87. The van der Waals surface area contributed by atoms with E-state index < -0.39 is 10.0 Å². The largest absolute Gasteiger partial charge is 0.482 e. The monoisotopic (exact) mass is 376 g/mol. The van der Waals surface area contributed by atoms with Gasteiger partial charge in [-0.15, -0.1) is 0 Å². The molecule has 0 aliphatic heterocycles. The molecule has 136 valence electrons. The molecule has 1 aromatic carbocycles. The molecule has 0 heterocycles. The van der Waals surface area contributed by atoms with E-state index >= 15 is 0 Å². The minimum absolute atomic E-state index is 0.0598. The number of halogens is 1. The van der Waals surface area contributed by atoms with Crippen LogP contribution in [-0.4, -0.2) is 33.5 Å². The first kappa shape index (κ1) is 20.7. The number of ether oxygens (including phenoxy) is 1. The molecule has 0 fully saturated rings. The summed E-state index contributed by atoms with van der Waals surface area (Å²) in [6.45, 7) is 7.85. The van der Waals surface area contributed by atoms with Crippen molar-refractivity contribution in [1.82, 2.24) is 10.0 Å². The Morgan fingerprint density at radius 2 is 1.96 bits per heavy atom. The molecule has 1 atom stereocenters. The van der Waals surface area contributed by atoms with Crippen LogP contribution in [0.5, 0.6) is 5.75 Å². The molecule has 0 aliphatic carbocycles. The maximum atomic E-state index is 12.1. The van der Waals surface area contributed by atoms with Gasteiger partial charge in [0.05, 0.1) is 9.92 Å². The highest BCUT2D eigenvalue weighted by Crippen LogP contribution is 2.27. The Labute approximate surface area is 149 Å². The van der Waals surface area contributed by atoms with Gasteiger partial charge < -0.3 is 10.1 Å². The molecule has 0 aliphatic rings. The number of carbonyl (C=O) groups excluding carboxylic acids is 1. The molecule has 1 amide bonds. The first-order chi connectivity index (χ1) is 11.2. The van der Waals surface area contributed by atoms with Crippen LogP contribution < -0.4 is 14.8 Å². The number of rotatable bonds is 9. The van der Waals surface area contributed by atoms with Gasteiger partial charge in [-0.05, 0) is 37.5 Å². The SMILES string of the molecule is CC[C@H](C)NC(=O)COc1ccc(S(=O)(=O)NCC(C)C)cc1Cl.